The molecule has 0 unspecified atom stereocenters. The molecule has 116 valence electrons. The van der Waals surface area contributed by atoms with E-state index in [0.29, 0.717) is 24.4 Å². The van der Waals surface area contributed by atoms with Crippen molar-refractivity contribution in [3.8, 4) is 0 Å². The predicted octanol–water partition coefficient (Wildman–Crippen LogP) is 0.396. The number of nitrogens with one attached hydrogen (secondary N) is 3. The number of rotatable bonds is 9. The number of amides is 2. The summed E-state index contributed by atoms with van der Waals surface area (Å²) in [6.45, 7) is 3.58. The number of methoxy groups -OCH3 is 1. The lowest BCUT2D eigenvalue weighted by molar-refractivity contribution is -0.120. The van der Waals surface area contributed by atoms with Gasteiger partial charge in [0.1, 0.15) is 0 Å². The second kappa shape index (κ2) is 9.71. The summed E-state index contributed by atoms with van der Waals surface area (Å²) in [5.41, 5.74) is 1.14. The van der Waals surface area contributed by atoms with Crippen LogP contribution in [-0.4, -0.2) is 50.1 Å². The van der Waals surface area contributed by atoms with Gasteiger partial charge in [-0.3, -0.25) is 14.6 Å². The third kappa shape index (κ3) is 6.22. The molecular weight excluding hydrogens is 272 g/mol. The van der Waals surface area contributed by atoms with E-state index in [1.165, 1.54) is 0 Å². The number of nitrogens with zero attached hydrogens (tertiary/aromatic N) is 1. The smallest absolute Gasteiger partial charge is 0.253 e. The molecule has 0 fully saturated rings. The van der Waals surface area contributed by atoms with Crippen LogP contribution in [-0.2, 0) is 9.53 Å². The Bertz CT molecular complexity index is 465. The van der Waals surface area contributed by atoms with Crippen molar-refractivity contribution in [1.29, 1.82) is 0 Å². The van der Waals surface area contributed by atoms with E-state index in [2.05, 4.69) is 20.9 Å². The van der Waals surface area contributed by atoms with Gasteiger partial charge in [-0.05, 0) is 12.5 Å². The van der Waals surface area contributed by atoms with E-state index < -0.39 is 0 Å². The lowest BCUT2D eigenvalue weighted by atomic mass is 10.2. The molecule has 1 heterocycles. The summed E-state index contributed by atoms with van der Waals surface area (Å²) in [4.78, 5) is 27.6. The monoisotopic (exact) mass is 294 g/mol. The first kappa shape index (κ1) is 16.9. The minimum Gasteiger partial charge on any atom is -0.383 e. The van der Waals surface area contributed by atoms with E-state index in [9.17, 15) is 9.59 Å². The van der Waals surface area contributed by atoms with E-state index >= 15 is 0 Å². The fraction of sp³-hybridized carbons (Fsp3) is 0.500. The number of ether oxygens (including phenoxy) is 1. The number of anilines is 1. The highest BCUT2D eigenvalue weighted by atomic mass is 16.5. The van der Waals surface area contributed by atoms with E-state index in [-0.39, 0.29) is 18.4 Å². The van der Waals surface area contributed by atoms with E-state index in [4.69, 9.17) is 4.74 Å². The van der Waals surface area contributed by atoms with Crippen molar-refractivity contribution in [2.45, 2.75) is 13.3 Å². The molecule has 2 amide bonds. The van der Waals surface area contributed by atoms with Gasteiger partial charge in [-0.15, -0.1) is 0 Å². The molecule has 0 aliphatic carbocycles. The average molecular weight is 294 g/mol. The van der Waals surface area contributed by atoms with Crippen LogP contribution in [0.4, 0.5) is 5.69 Å². The number of carbonyl (C=O) groups is 2. The summed E-state index contributed by atoms with van der Waals surface area (Å²) in [7, 11) is 1.56. The number of hydrogen-bond donors (Lipinski definition) is 3. The van der Waals surface area contributed by atoms with Crippen molar-refractivity contribution in [2.75, 3.05) is 38.7 Å². The highest BCUT2D eigenvalue weighted by molar-refractivity contribution is 6.00. The van der Waals surface area contributed by atoms with E-state index in [0.717, 1.165) is 13.0 Å². The Balaban J connectivity index is 2.49. The largest absolute Gasteiger partial charge is 0.383 e. The topological polar surface area (TPSA) is 92.4 Å². The van der Waals surface area contributed by atoms with Crippen molar-refractivity contribution in [1.82, 2.24) is 15.6 Å². The molecule has 3 N–H and O–H groups in total. The van der Waals surface area contributed by atoms with Crippen LogP contribution >= 0.6 is 0 Å². The molecule has 0 aliphatic rings. The first-order chi connectivity index (χ1) is 10.2. The molecule has 0 bridgehead atoms. The van der Waals surface area contributed by atoms with Crippen LogP contribution in [0.3, 0.4) is 0 Å². The van der Waals surface area contributed by atoms with Crippen LogP contribution in [0.1, 0.15) is 23.7 Å². The summed E-state index contributed by atoms with van der Waals surface area (Å²) in [6.07, 6.45) is 4.09. The Kier molecular flexibility index (Phi) is 7.81. The zero-order valence-electron chi connectivity index (χ0n) is 12.4. The first-order valence-corrected chi connectivity index (χ1v) is 6.90. The van der Waals surface area contributed by atoms with Crippen molar-refractivity contribution in [2.24, 2.45) is 0 Å². The van der Waals surface area contributed by atoms with Gasteiger partial charge in [-0.25, -0.2) is 0 Å². The molecule has 1 aromatic heterocycles. The fourth-order valence-electron chi connectivity index (χ4n) is 1.60. The normalized spacial score (nSPS) is 10.0. The van der Waals surface area contributed by atoms with Crippen molar-refractivity contribution in [3.05, 3.63) is 24.0 Å². The SMILES string of the molecule is CCCNc1cnccc1C(=O)NCC(=O)NCCOC. The molecule has 0 spiro atoms. The first-order valence-electron chi connectivity index (χ1n) is 6.90. The standard InChI is InChI=1S/C14H22N4O3/c1-3-5-16-12-9-15-6-4-11(12)14(20)18-10-13(19)17-7-8-21-2/h4,6,9,16H,3,5,7-8,10H2,1-2H3,(H,17,19)(H,18,20). The Hall–Kier alpha value is -2.15. The van der Waals surface area contributed by atoms with Gasteiger partial charge in [-0.2, -0.15) is 0 Å². The third-order valence-electron chi connectivity index (χ3n) is 2.67. The molecule has 7 nitrogen and oxygen atoms in total. The maximum absolute atomic E-state index is 12.1. The minimum absolute atomic E-state index is 0.0713. The molecular formula is C14H22N4O3. The quantitative estimate of drug-likeness (QED) is 0.573. The molecule has 1 aromatic rings. The van der Waals surface area contributed by atoms with Gasteiger partial charge in [-0.1, -0.05) is 6.92 Å². The van der Waals surface area contributed by atoms with Crippen LogP contribution < -0.4 is 16.0 Å². The Morgan fingerprint density at radius 3 is 2.81 bits per heavy atom. The lowest BCUT2D eigenvalue weighted by Crippen LogP contribution is -2.38. The van der Waals surface area contributed by atoms with Gasteiger partial charge in [0, 0.05) is 26.4 Å². The minimum atomic E-state index is -0.308. The van der Waals surface area contributed by atoms with Gasteiger partial charge in [0.25, 0.3) is 5.91 Å². The van der Waals surface area contributed by atoms with Gasteiger partial charge >= 0.3 is 0 Å². The Morgan fingerprint density at radius 1 is 1.29 bits per heavy atom. The zero-order valence-corrected chi connectivity index (χ0v) is 12.4. The molecule has 1 rings (SSSR count). The summed E-state index contributed by atoms with van der Waals surface area (Å²) in [5, 5.41) is 8.35. The molecule has 0 aromatic carbocycles. The lowest BCUT2D eigenvalue weighted by Gasteiger charge is -2.11. The number of pyridine rings is 1. The summed E-state index contributed by atoms with van der Waals surface area (Å²) in [6, 6.07) is 1.62. The van der Waals surface area contributed by atoms with Crippen molar-refractivity contribution in [3.63, 3.8) is 0 Å². The maximum Gasteiger partial charge on any atom is 0.253 e. The maximum atomic E-state index is 12.1. The molecule has 7 heteroatoms. The molecule has 0 atom stereocenters. The third-order valence-corrected chi connectivity index (χ3v) is 2.67. The highest BCUT2D eigenvalue weighted by Gasteiger charge is 2.12. The second-order valence-corrected chi connectivity index (χ2v) is 4.37. The fourth-order valence-corrected chi connectivity index (χ4v) is 1.60. The van der Waals surface area contributed by atoms with Crippen LogP contribution in [0.2, 0.25) is 0 Å². The average Bonchev–Trinajstić information content (AvgIpc) is 2.51. The van der Waals surface area contributed by atoms with Crippen molar-refractivity contribution < 1.29 is 14.3 Å². The van der Waals surface area contributed by atoms with Crippen LogP contribution in [0.5, 0.6) is 0 Å². The number of aromatic nitrogens is 1. The van der Waals surface area contributed by atoms with Gasteiger partial charge in [0.15, 0.2) is 0 Å². The summed E-state index contributed by atoms with van der Waals surface area (Å²) < 4.78 is 4.82. The van der Waals surface area contributed by atoms with Crippen molar-refractivity contribution >= 4 is 17.5 Å². The van der Waals surface area contributed by atoms with Gasteiger partial charge < -0.3 is 20.7 Å². The summed E-state index contributed by atoms with van der Waals surface area (Å²) >= 11 is 0. The predicted molar refractivity (Wildman–Crippen MR) is 80.2 cm³/mol. The highest BCUT2D eigenvalue weighted by Crippen LogP contribution is 2.12. The molecule has 21 heavy (non-hydrogen) atoms. The molecule has 0 saturated carbocycles. The zero-order chi connectivity index (χ0) is 15.5. The van der Waals surface area contributed by atoms with Crippen LogP contribution in [0.25, 0.3) is 0 Å². The Labute approximate surface area is 124 Å². The van der Waals surface area contributed by atoms with Crippen LogP contribution in [0, 0.1) is 0 Å². The second-order valence-electron chi connectivity index (χ2n) is 4.37. The van der Waals surface area contributed by atoms with Gasteiger partial charge in [0.2, 0.25) is 5.91 Å². The molecule has 0 aliphatic heterocycles. The Morgan fingerprint density at radius 2 is 2.10 bits per heavy atom. The number of hydrogen-bond acceptors (Lipinski definition) is 5. The number of carbonyl (C=O) groups excluding carboxylic acids is 2. The summed E-state index contributed by atoms with van der Waals surface area (Å²) in [5.74, 6) is -0.560. The molecule has 0 radical (unpaired) electrons. The molecule has 0 saturated heterocycles. The van der Waals surface area contributed by atoms with Gasteiger partial charge in [0.05, 0.1) is 30.6 Å². The van der Waals surface area contributed by atoms with E-state index in [1.807, 2.05) is 6.92 Å². The van der Waals surface area contributed by atoms with E-state index in [1.54, 1.807) is 25.6 Å². The van der Waals surface area contributed by atoms with Crippen LogP contribution in [0.15, 0.2) is 18.5 Å².